The van der Waals surface area contributed by atoms with Crippen LogP contribution >= 0.6 is 0 Å². The van der Waals surface area contributed by atoms with E-state index in [-0.39, 0.29) is 0 Å². The van der Waals surface area contributed by atoms with Crippen molar-refractivity contribution in [2.24, 2.45) is 5.73 Å². The highest BCUT2D eigenvalue weighted by molar-refractivity contribution is 5.24. The summed E-state index contributed by atoms with van der Waals surface area (Å²) in [7, 11) is 0. The second kappa shape index (κ2) is 5.55. The van der Waals surface area contributed by atoms with Gasteiger partial charge in [-0.25, -0.2) is 0 Å². The number of likely N-dealkylation sites (tertiary alicyclic amines) is 1. The zero-order valence-corrected chi connectivity index (χ0v) is 11.1. The van der Waals surface area contributed by atoms with Crippen molar-refractivity contribution in [3.8, 4) is 0 Å². The van der Waals surface area contributed by atoms with E-state index < -0.39 is 0 Å². The molecule has 0 bridgehead atoms. The molecule has 0 aromatic heterocycles. The maximum absolute atomic E-state index is 5.94. The second-order valence-electron chi connectivity index (χ2n) is 5.33. The summed E-state index contributed by atoms with van der Waals surface area (Å²) in [5.41, 5.74) is 8.71. The Kier molecular flexibility index (Phi) is 3.62. The van der Waals surface area contributed by atoms with E-state index in [9.17, 15) is 0 Å². The van der Waals surface area contributed by atoms with Crippen molar-refractivity contribution in [1.29, 1.82) is 0 Å². The SMILES string of the molecule is NC1CN(C(Cc2ccccc2)c2ccccc2)C1. The number of nitrogens with zero attached hydrogens (tertiary/aromatic N) is 1. The molecule has 0 spiro atoms. The minimum Gasteiger partial charge on any atom is -0.325 e. The summed E-state index contributed by atoms with van der Waals surface area (Å²) in [5.74, 6) is 0. The summed E-state index contributed by atoms with van der Waals surface area (Å²) >= 11 is 0. The molecule has 0 amide bonds. The van der Waals surface area contributed by atoms with Crippen LogP contribution in [0.1, 0.15) is 17.2 Å². The van der Waals surface area contributed by atoms with E-state index >= 15 is 0 Å². The molecule has 2 aromatic rings. The van der Waals surface area contributed by atoms with Gasteiger partial charge in [0, 0.05) is 25.2 Å². The fraction of sp³-hybridized carbons (Fsp3) is 0.294. The van der Waals surface area contributed by atoms with Crippen molar-refractivity contribution in [2.75, 3.05) is 13.1 Å². The van der Waals surface area contributed by atoms with Crippen LogP contribution < -0.4 is 5.73 Å². The first-order chi connectivity index (χ1) is 9.33. The molecule has 1 fully saturated rings. The normalized spacial score (nSPS) is 17.9. The summed E-state index contributed by atoms with van der Waals surface area (Å²) in [6.45, 7) is 2.01. The lowest BCUT2D eigenvalue weighted by atomic mass is 9.94. The summed E-state index contributed by atoms with van der Waals surface area (Å²) in [6.07, 6.45) is 1.05. The summed E-state index contributed by atoms with van der Waals surface area (Å²) in [6, 6.07) is 22.2. The topological polar surface area (TPSA) is 29.3 Å². The summed E-state index contributed by atoms with van der Waals surface area (Å²) in [5, 5.41) is 0. The van der Waals surface area contributed by atoms with E-state index in [0.717, 1.165) is 19.5 Å². The lowest BCUT2D eigenvalue weighted by molar-refractivity contribution is 0.0933. The van der Waals surface area contributed by atoms with Crippen LogP contribution in [0, 0.1) is 0 Å². The number of rotatable bonds is 4. The van der Waals surface area contributed by atoms with E-state index in [0.29, 0.717) is 12.1 Å². The van der Waals surface area contributed by atoms with Crippen LogP contribution in [0.5, 0.6) is 0 Å². The Morgan fingerprint density at radius 2 is 1.53 bits per heavy atom. The molecule has 2 nitrogen and oxygen atoms in total. The van der Waals surface area contributed by atoms with Crippen LogP contribution in [-0.2, 0) is 6.42 Å². The van der Waals surface area contributed by atoms with Crippen LogP contribution in [0.2, 0.25) is 0 Å². The van der Waals surface area contributed by atoms with E-state index in [2.05, 4.69) is 65.6 Å². The van der Waals surface area contributed by atoms with Crippen LogP contribution in [0.25, 0.3) is 0 Å². The molecular formula is C17H20N2. The van der Waals surface area contributed by atoms with Crippen molar-refractivity contribution in [2.45, 2.75) is 18.5 Å². The Bertz CT molecular complexity index is 503. The van der Waals surface area contributed by atoms with Crippen molar-refractivity contribution in [1.82, 2.24) is 4.90 Å². The predicted molar refractivity (Wildman–Crippen MR) is 78.9 cm³/mol. The Labute approximate surface area is 114 Å². The van der Waals surface area contributed by atoms with Gasteiger partial charge in [0.25, 0.3) is 0 Å². The van der Waals surface area contributed by atoms with Gasteiger partial charge in [0.15, 0.2) is 0 Å². The Morgan fingerprint density at radius 3 is 2.11 bits per heavy atom. The van der Waals surface area contributed by atoms with Gasteiger partial charge in [-0.1, -0.05) is 60.7 Å². The van der Waals surface area contributed by atoms with Gasteiger partial charge in [-0.05, 0) is 17.5 Å². The highest BCUT2D eigenvalue weighted by Crippen LogP contribution is 2.28. The van der Waals surface area contributed by atoms with E-state index in [4.69, 9.17) is 5.73 Å². The molecular weight excluding hydrogens is 232 g/mol. The fourth-order valence-electron chi connectivity index (χ4n) is 2.77. The molecule has 3 rings (SSSR count). The maximum Gasteiger partial charge on any atom is 0.0389 e. The van der Waals surface area contributed by atoms with Crippen LogP contribution in [-0.4, -0.2) is 24.0 Å². The van der Waals surface area contributed by atoms with Crippen LogP contribution in [0.15, 0.2) is 60.7 Å². The molecule has 98 valence electrons. The minimum atomic E-state index is 0.349. The zero-order valence-electron chi connectivity index (χ0n) is 11.1. The molecule has 1 aliphatic rings. The van der Waals surface area contributed by atoms with Gasteiger partial charge in [0.05, 0.1) is 0 Å². The van der Waals surface area contributed by atoms with Gasteiger partial charge in [0.1, 0.15) is 0 Å². The van der Waals surface area contributed by atoms with Gasteiger partial charge in [0.2, 0.25) is 0 Å². The number of hydrogen-bond donors (Lipinski definition) is 1. The van der Waals surface area contributed by atoms with E-state index in [1.165, 1.54) is 11.1 Å². The Balaban J connectivity index is 1.81. The third-order valence-corrected chi connectivity index (χ3v) is 3.84. The van der Waals surface area contributed by atoms with Crippen molar-refractivity contribution in [3.63, 3.8) is 0 Å². The third-order valence-electron chi connectivity index (χ3n) is 3.84. The van der Waals surface area contributed by atoms with Crippen molar-refractivity contribution >= 4 is 0 Å². The molecule has 1 atom stereocenters. The highest BCUT2D eigenvalue weighted by Gasteiger charge is 2.30. The monoisotopic (exact) mass is 252 g/mol. The van der Waals surface area contributed by atoms with E-state index in [1.807, 2.05) is 0 Å². The molecule has 1 saturated heterocycles. The van der Waals surface area contributed by atoms with Crippen LogP contribution in [0.4, 0.5) is 0 Å². The van der Waals surface area contributed by atoms with Gasteiger partial charge in [-0.2, -0.15) is 0 Å². The first kappa shape index (κ1) is 12.4. The van der Waals surface area contributed by atoms with Crippen molar-refractivity contribution < 1.29 is 0 Å². The standard InChI is InChI=1S/C17H20N2/c18-16-12-19(13-16)17(15-9-5-2-6-10-15)11-14-7-3-1-4-8-14/h1-10,16-17H,11-13,18H2. The summed E-state index contributed by atoms with van der Waals surface area (Å²) in [4.78, 5) is 2.48. The van der Waals surface area contributed by atoms with Crippen LogP contribution in [0.3, 0.4) is 0 Å². The van der Waals surface area contributed by atoms with Gasteiger partial charge in [-0.3, -0.25) is 4.90 Å². The zero-order chi connectivity index (χ0) is 13.1. The molecule has 0 saturated carbocycles. The number of nitrogens with two attached hydrogens (primary N) is 1. The molecule has 1 unspecified atom stereocenters. The molecule has 2 heteroatoms. The first-order valence-corrected chi connectivity index (χ1v) is 6.91. The second-order valence-corrected chi connectivity index (χ2v) is 5.33. The minimum absolute atomic E-state index is 0.349. The fourth-order valence-corrected chi connectivity index (χ4v) is 2.77. The quantitative estimate of drug-likeness (QED) is 0.906. The van der Waals surface area contributed by atoms with Gasteiger partial charge in [-0.15, -0.1) is 0 Å². The molecule has 2 aromatic carbocycles. The predicted octanol–water partition coefficient (Wildman–Crippen LogP) is 2.61. The molecule has 2 N–H and O–H groups in total. The van der Waals surface area contributed by atoms with Gasteiger partial charge < -0.3 is 5.73 Å². The molecule has 0 aliphatic carbocycles. The lowest BCUT2D eigenvalue weighted by Crippen LogP contribution is -2.57. The van der Waals surface area contributed by atoms with E-state index in [1.54, 1.807) is 0 Å². The number of benzene rings is 2. The molecule has 19 heavy (non-hydrogen) atoms. The van der Waals surface area contributed by atoms with Gasteiger partial charge >= 0.3 is 0 Å². The summed E-state index contributed by atoms with van der Waals surface area (Å²) < 4.78 is 0. The average molecular weight is 252 g/mol. The highest BCUT2D eigenvalue weighted by atomic mass is 15.2. The Morgan fingerprint density at radius 1 is 0.947 bits per heavy atom. The number of hydrogen-bond acceptors (Lipinski definition) is 2. The Hall–Kier alpha value is -1.64. The smallest absolute Gasteiger partial charge is 0.0389 e. The lowest BCUT2D eigenvalue weighted by Gasteiger charge is -2.43. The first-order valence-electron chi connectivity index (χ1n) is 6.91. The maximum atomic E-state index is 5.94. The third kappa shape index (κ3) is 2.86. The molecule has 1 aliphatic heterocycles. The molecule has 0 radical (unpaired) electrons. The van der Waals surface area contributed by atoms with Crippen molar-refractivity contribution in [3.05, 3.63) is 71.8 Å². The largest absolute Gasteiger partial charge is 0.325 e. The molecule has 1 heterocycles. The average Bonchev–Trinajstić information content (AvgIpc) is 2.44.